The molecular formula is C9H19NO. The quantitative estimate of drug-likeness (QED) is 0.656. The first-order chi connectivity index (χ1) is 5.07. The highest BCUT2D eigenvalue weighted by atomic mass is 16.1. The van der Waals surface area contributed by atoms with Crippen LogP contribution < -0.4 is 5.32 Å². The fourth-order valence-corrected chi connectivity index (χ4v) is 0.808. The van der Waals surface area contributed by atoms with Gasteiger partial charge in [0.1, 0.15) is 5.78 Å². The molecule has 0 aliphatic rings. The standard InChI is InChI=1S/C9H19NO/c1-7(2)5-6-9(11)8(3)10-4/h7-8,10H,5-6H2,1-4H3. The van der Waals surface area contributed by atoms with Crippen LogP contribution in [-0.2, 0) is 4.79 Å². The van der Waals surface area contributed by atoms with Crippen LogP contribution in [0.4, 0.5) is 0 Å². The molecule has 0 amide bonds. The zero-order chi connectivity index (χ0) is 8.85. The second-order valence-electron chi connectivity index (χ2n) is 3.41. The highest BCUT2D eigenvalue weighted by Gasteiger charge is 2.09. The number of carbonyl (C=O) groups excluding carboxylic acids is 1. The Hall–Kier alpha value is -0.370. The van der Waals surface area contributed by atoms with Crippen molar-refractivity contribution in [2.45, 2.75) is 39.7 Å². The predicted octanol–water partition coefficient (Wildman–Crippen LogP) is 1.60. The first kappa shape index (κ1) is 10.6. The lowest BCUT2D eigenvalue weighted by molar-refractivity contribution is -0.120. The Labute approximate surface area is 69.4 Å². The van der Waals surface area contributed by atoms with Gasteiger partial charge >= 0.3 is 0 Å². The van der Waals surface area contributed by atoms with Crippen molar-refractivity contribution in [1.29, 1.82) is 0 Å². The van der Waals surface area contributed by atoms with Crippen molar-refractivity contribution in [1.82, 2.24) is 5.32 Å². The zero-order valence-corrected chi connectivity index (χ0v) is 7.98. The van der Waals surface area contributed by atoms with Crippen molar-refractivity contribution >= 4 is 5.78 Å². The third kappa shape index (κ3) is 4.96. The highest BCUT2D eigenvalue weighted by molar-refractivity contribution is 5.83. The lowest BCUT2D eigenvalue weighted by atomic mass is 10.0. The second kappa shape index (κ2) is 5.30. The van der Waals surface area contributed by atoms with E-state index in [-0.39, 0.29) is 6.04 Å². The van der Waals surface area contributed by atoms with Gasteiger partial charge < -0.3 is 5.32 Å². The average Bonchev–Trinajstić information content (AvgIpc) is 1.98. The number of hydrogen-bond acceptors (Lipinski definition) is 2. The molecule has 1 atom stereocenters. The fraction of sp³-hybridized carbons (Fsp3) is 0.889. The maximum atomic E-state index is 11.2. The van der Waals surface area contributed by atoms with Gasteiger partial charge in [0.15, 0.2) is 0 Å². The van der Waals surface area contributed by atoms with E-state index >= 15 is 0 Å². The van der Waals surface area contributed by atoms with Gasteiger partial charge in [0.2, 0.25) is 0 Å². The van der Waals surface area contributed by atoms with E-state index < -0.39 is 0 Å². The van der Waals surface area contributed by atoms with Crippen LogP contribution in [0.3, 0.4) is 0 Å². The third-order valence-electron chi connectivity index (χ3n) is 1.88. The molecule has 0 radical (unpaired) electrons. The summed E-state index contributed by atoms with van der Waals surface area (Å²) in [6.07, 6.45) is 1.71. The summed E-state index contributed by atoms with van der Waals surface area (Å²) in [5, 5.41) is 2.94. The third-order valence-corrected chi connectivity index (χ3v) is 1.88. The van der Waals surface area contributed by atoms with Crippen molar-refractivity contribution in [3.8, 4) is 0 Å². The van der Waals surface area contributed by atoms with Crippen molar-refractivity contribution < 1.29 is 4.79 Å². The van der Waals surface area contributed by atoms with Crippen LogP contribution in [0.2, 0.25) is 0 Å². The summed E-state index contributed by atoms with van der Waals surface area (Å²) in [6.45, 7) is 6.18. The fourth-order valence-electron chi connectivity index (χ4n) is 0.808. The van der Waals surface area contributed by atoms with Crippen molar-refractivity contribution in [3.63, 3.8) is 0 Å². The summed E-state index contributed by atoms with van der Waals surface area (Å²) >= 11 is 0. The molecule has 1 unspecified atom stereocenters. The van der Waals surface area contributed by atoms with Gasteiger partial charge in [-0.15, -0.1) is 0 Å². The first-order valence-corrected chi connectivity index (χ1v) is 4.28. The Morgan fingerprint density at radius 1 is 1.36 bits per heavy atom. The Morgan fingerprint density at radius 2 is 1.91 bits per heavy atom. The summed E-state index contributed by atoms with van der Waals surface area (Å²) in [6, 6.07) is 0.0220. The van der Waals surface area contributed by atoms with Crippen LogP contribution in [0, 0.1) is 5.92 Å². The molecule has 0 heterocycles. The Balaban J connectivity index is 3.52. The normalized spacial score (nSPS) is 13.5. The van der Waals surface area contributed by atoms with E-state index in [1.54, 1.807) is 0 Å². The number of nitrogens with one attached hydrogen (secondary N) is 1. The number of rotatable bonds is 5. The molecule has 1 N–H and O–H groups in total. The molecule has 0 aliphatic heterocycles. The Kier molecular flexibility index (Phi) is 5.12. The molecule has 2 heteroatoms. The van der Waals surface area contributed by atoms with Gasteiger partial charge in [-0.05, 0) is 26.3 Å². The van der Waals surface area contributed by atoms with Crippen LogP contribution in [0.5, 0.6) is 0 Å². The summed E-state index contributed by atoms with van der Waals surface area (Å²) in [5.41, 5.74) is 0. The number of likely N-dealkylation sites (N-methyl/N-ethyl adjacent to an activating group) is 1. The topological polar surface area (TPSA) is 29.1 Å². The summed E-state index contributed by atoms with van der Waals surface area (Å²) in [5.74, 6) is 0.948. The summed E-state index contributed by atoms with van der Waals surface area (Å²) in [4.78, 5) is 11.2. The predicted molar refractivity (Wildman–Crippen MR) is 47.6 cm³/mol. The molecule has 0 saturated heterocycles. The van der Waals surface area contributed by atoms with E-state index in [9.17, 15) is 4.79 Å². The van der Waals surface area contributed by atoms with E-state index in [0.717, 1.165) is 6.42 Å². The van der Waals surface area contributed by atoms with E-state index in [1.165, 1.54) is 0 Å². The lowest BCUT2D eigenvalue weighted by Gasteiger charge is -2.09. The molecular weight excluding hydrogens is 138 g/mol. The Bertz CT molecular complexity index is 121. The summed E-state index contributed by atoms with van der Waals surface area (Å²) in [7, 11) is 1.82. The highest BCUT2D eigenvalue weighted by Crippen LogP contribution is 2.05. The molecule has 0 fully saturated rings. The van der Waals surface area contributed by atoms with Crippen molar-refractivity contribution in [2.75, 3.05) is 7.05 Å². The minimum absolute atomic E-state index is 0.0220. The molecule has 0 spiro atoms. The number of Topliss-reactive ketones (excluding diaryl/α,β-unsaturated/α-hetero) is 1. The van der Waals surface area contributed by atoms with E-state index in [1.807, 2.05) is 14.0 Å². The van der Waals surface area contributed by atoms with Gasteiger partial charge in [-0.25, -0.2) is 0 Å². The molecule has 0 aliphatic carbocycles. The Morgan fingerprint density at radius 3 is 2.27 bits per heavy atom. The molecule has 0 saturated carbocycles. The van der Waals surface area contributed by atoms with Gasteiger partial charge in [-0.1, -0.05) is 13.8 Å². The van der Waals surface area contributed by atoms with E-state index in [2.05, 4.69) is 19.2 Å². The minimum atomic E-state index is 0.0220. The van der Waals surface area contributed by atoms with Gasteiger partial charge in [0, 0.05) is 6.42 Å². The van der Waals surface area contributed by atoms with Crippen LogP contribution in [0.25, 0.3) is 0 Å². The lowest BCUT2D eigenvalue weighted by Crippen LogP contribution is -2.30. The molecule has 0 aromatic carbocycles. The molecule has 11 heavy (non-hydrogen) atoms. The molecule has 0 aromatic rings. The zero-order valence-electron chi connectivity index (χ0n) is 7.98. The monoisotopic (exact) mass is 157 g/mol. The van der Waals surface area contributed by atoms with E-state index in [4.69, 9.17) is 0 Å². The molecule has 66 valence electrons. The molecule has 0 bridgehead atoms. The first-order valence-electron chi connectivity index (χ1n) is 4.28. The van der Waals surface area contributed by atoms with E-state index in [0.29, 0.717) is 18.1 Å². The average molecular weight is 157 g/mol. The summed E-state index contributed by atoms with van der Waals surface area (Å²) < 4.78 is 0. The smallest absolute Gasteiger partial charge is 0.149 e. The van der Waals surface area contributed by atoms with Crippen LogP contribution >= 0.6 is 0 Å². The van der Waals surface area contributed by atoms with Gasteiger partial charge in [0.05, 0.1) is 6.04 Å². The van der Waals surface area contributed by atoms with Gasteiger partial charge in [0.25, 0.3) is 0 Å². The number of ketones is 1. The van der Waals surface area contributed by atoms with Crippen molar-refractivity contribution in [3.05, 3.63) is 0 Å². The second-order valence-corrected chi connectivity index (χ2v) is 3.41. The minimum Gasteiger partial charge on any atom is -0.311 e. The van der Waals surface area contributed by atoms with Crippen LogP contribution in [0.1, 0.15) is 33.6 Å². The molecule has 0 aromatic heterocycles. The maximum absolute atomic E-state index is 11.2. The van der Waals surface area contributed by atoms with Crippen LogP contribution in [0.15, 0.2) is 0 Å². The number of hydrogen-bond donors (Lipinski definition) is 1. The van der Waals surface area contributed by atoms with Gasteiger partial charge in [-0.2, -0.15) is 0 Å². The van der Waals surface area contributed by atoms with Crippen molar-refractivity contribution in [2.24, 2.45) is 5.92 Å². The SMILES string of the molecule is CNC(C)C(=O)CCC(C)C. The van der Waals surface area contributed by atoms with Gasteiger partial charge in [-0.3, -0.25) is 4.79 Å². The van der Waals surface area contributed by atoms with Crippen LogP contribution in [-0.4, -0.2) is 18.9 Å². The molecule has 0 rings (SSSR count). The molecule has 2 nitrogen and oxygen atoms in total. The number of carbonyl (C=O) groups is 1. The maximum Gasteiger partial charge on any atom is 0.149 e. The largest absolute Gasteiger partial charge is 0.311 e.